The lowest BCUT2D eigenvalue weighted by atomic mass is 10.1. The van der Waals surface area contributed by atoms with Gasteiger partial charge >= 0.3 is 5.97 Å². The van der Waals surface area contributed by atoms with Crippen LogP contribution < -0.4 is 10.1 Å². The number of aliphatic carboxylic acids is 1. The van der Waals surface area contributed by atoms with Crippen molar-refractivity contribution in [2.75, 3.05) is 11.9 Å². The number of carboxylic acids is 1. The van der Waals surface area contributed by atoms with Gasteiger partial charge < -0.3 is 15.2 Å². The van der Waals surface area contributed by atoms with Crippen LogP contribution in [0.25, 0.3) is 0 Å². The van der Waals surface area contributed by atoms with Gasteiger partial charge in [0.15, 0.2) is 0 Å². The molecule has 5 heteroatoms. The summed E-state index contributed by atoms with van der Waals surface area (Å²) in [6.45, 7) is 2.68. The minimum atomic E-state index is -0.882. The molecule has 2 aromatic carbocycles. The number of carbonyl (C=O) groups is 2. The molecule has 0 radical (unpaired) electrons. The Labute approximate surface area is 134 Å². The second-order valence-electron chi connectivity index (χ2n) is 5.09. The van der Waals surface area contributed by atoms with Gasteiger partial charge in [-0.2, -0.15) is 0 Å². The van der Waals surface area contributed by atoms with E-state index in [-0.39, 0.29) is 12.3 Å². The number of anilines is 1. The van der Waals surface area contributed by atoms with Crippen LogP contribution in [0.1, 0.15) is 29.3 Å². The van der Waals surface area contributed by atoms with E-state index in [2.05, 4.69) is 5.32 Å². The third kappa shape index (κ3) is 5.14. The third-order valence-corrected chi connectivity index (χ3v) is 3.16. The van der Waals surface area contributed by atoms with Crippen molar-refractivity contribution in [1.82, 2.24) is 0 Å². The summed E-state index contributed by atoms with van der Waals surface area (Å²) < 4.78 is 5.47. The molecule has 0 saturated heterocycles. The summed E-state index contributed by atoms with van der Waals surface area (Å²) in [7, 11) is 0. The zero-order valence-electron chi connectivity index (χ0n) is 12.9. The molecule has 2 rings (SSSR count). The fourth-order valence-corrected chi connectivity index (χ4v) is 2.01. The molecule has 0 fully saturated rings. The number of carbonyl (C=O) groups excluding carboxylic acids is 1. The number of ether oxygens (including phenoxy) is 1. The monoisotopic (exact) mass is 313 g/mol. The molecular formula is C18H19NO4. The van der Waals surface area contributed by atoms with Gasteiger partial charge in [-0.15, -0.1) is 0 Å². The van der Waals surface area contributed by atoms with Gasteiger partial charge in [0.25, 0.3) is 5.91 Å². The van der Waals surface area contributed by atoms with Crippen molar-refractivity contribution in [3.8, 4) is 5.75 Å². The zero-order chi connectivity index (χ0) is 16.7. The van der Waals surface area contributed by atoms with Gasteiger partial charge in [-0.3, -0.25) is 9.59 Å². The van der Waals surface area contributed by atoms with Crippen LogP contribution >= 0.6 is 0 Å². The van der Waals surface area contributed by atoms with Crippen molar-refractivity contribution in [3.63, 3.8) is 0 Å². The van der Waals surface area contributed by atoms with E-state index in [0.29, 0.717) is 23.4 Å². The minimum Gasteiger partial charge on any atom is -0.494 e. The second-order valence-corrected chi connectivity index (χ2v) is 5.09. The first-order chi connectivity index (χ1) is 11.1. The highest BCUT2D eigenvalue weighted by Crippen LogP contribution is 2.15. The molecule has 0 heterocycles. The molecule has 23 heavy (non-hydrogen) atoms. The molecule has 0 aromatic heterocycles. The van der Waals surface area contributed by atoms with Crippen molar-refractivity contribution in [3.05, 3.63) is 59.7 Å². The highest BCUT2D eigenvalue weighted by molar-refractivity contribution is 6.04. The van der Waals surface area contributed by atoms with E-state index in [1.54, 1.807) is 48.5 Å². The number of carboxylic acid groups (broad SMARTS) is 1. The number of nitrogens with one attached hydrogen (secondary N) is 1. The average Bonchev–Trinajstić information content (AvgIpc) is 2.54. The molecule has 0 atom stereocenters. The first kappa shape index (κ1) is 16.5. The van der Waals surface area contributed by atoms with Gasteiger partial charge in [-0.1, -0.05) is 19.1 Å². The van der Waals surface area contributed by atoms with Crippen molar-refractivity contribution >= 4 is 17.6 Å². The molecule has 1 amide bonds. The molecule has 2 N–H and O–H groups in total. The molecule has 0 unspecified atom stereocenters. The number of hydrogen-bond acceptors (Lipinski definition) is 3. The number of rotatable bonds is 7. The van der Waals surface area contributed by atoms with Crippen molar-refractivity contribution in [2.45, 2.75) is 19.8 Å². The van der Waals surface area contributed by atoms with E-state index < -0.39 is 5.97 Å². The van der Waals surface area contributed by atoms with Crippen LogP contribution in [-0.2, 0) is 11.2 Å². The smallest absolute Gasteiger partial charge is 0.307 e. The second kappa shape index (κ2) is 7.98. The summed E-state index contributed by atoms with van der Waals surface area (Å²) in [5.74, 6) is -0.369. The summed E-state index contributed by atoms with van der Waals surface area (Å²) in [5, 5.41) is 11.5. The molecule has 0 spiro atoms. The van der Waals surface area contributed by atoms with Crippen LogP contribution in [0, 0.1) is 0 Å². The van der Waals surface area contributed by atoms with Crippen molar-refractivity contribution in [2.24, 2.45) is 0 Å². The molecule has 0 bridgehead atoms. The summed E-state index contributed by atoms with van der Waals surface area (Å²) in [6, 6.07) is 13.7. The van der Waals surface area contributed by atoms with Gasteiger partial charge in [0.05, 0.1) is 13.0 Å². The standard InChI is InChI=1S/C18H19NO4/c1-2-11-23-16-9-5-14(6-10-16)18(22)19-15-7-3-13(4-8-15)12-17(20)21/h3-10H,2,11-12H2,1H3,(H,19,22)(H,20,21). The van der Waals surface area contributed by atoms with Gasteiger partial charge in [0, 0.05) is 11.3 Å². The van der Waals surface area contributed by atoms with Gasteiger partial charge in [0.2, 0.25) is 0 Å². The SMILES string of the molecule is CCCOc1ccc(C(=O)Nc2ccc(CC(=O)O)cc2)cc1. The van der Waals surface area contributed by atoms with E-state index >= 15 is 0 Å². The maximum Gasteiger partial charge on any atom is 0.307 e. The fraction of sp³-hybridized carbons (Fsp3) is 0.222. The highest BCUT2D eigenvalue weighted by atomic mass is 16.5. The predicted molar refractivity (Wildman–Crippen MR) is 88.0 cm³/mol. The Kier molecular flexibility index (Phi) is 5.74. The Morgan fingerprint density at radius 3 is 2.26 bits per heavy atom. The Bertz CT molecular complexity index is 662. The van der Waals surface area contributed by atoms with E-state index in [1.807, 2.05) is 6.92 Å². The summed E-state index contributed by atoms with van der Waals surface area (Å²) in [5.41, 5.74) is 1.84. The highest BCUT2D eigenvalue weighted by Gasteiger charge is 2.07. The molecule has 0 aliphatic rings. The molecule has 5 nitrogen and oxygen atoms in total. The summed E-state index contributed by atoms with van der Waals surface area (Å²) in [4.78, 5) is 22.8. The van der Waals surface area contributed by atoms with Crippen LogP contribution in [0.2, 0.25) is 0 Å². The lowest BCUT2D eigenvalue weighted by molar-refractivity contribution is -0.136. The molecule has 0 saturated carbocycles. The zero-order valence-corrected chi connectivity index (χ0v) is 12.9. The molecule has 0 aliphatic heterocycles. The quantitative estimate of drug-likeness (QED) is 0.822. The van der Waals surface area contributed by atoms with Crippen LogP contribution in [0.15, 0.2) is 48.5 Å². The molecule has 2 aromatic rings. The average molecular weight is 313 g/mol. The van der Waals surface area contributed by atoms with E-state index in [0.717, 1.165) is 12.2 Å². The van der Waals surface area contributed by atoms with Crippen LogP contribution in [-0.4, -0.2) is 23.6 Å². The Hall–Kier alpha value is -2.82. The van der Waals surface area contributed by atoms with Crippen LogP contribution in [0.3, 0.4) is 0 Å². The van der Waals surface area contributed by atoms with E-state index in [9.17, 15) is 9.59 Å². The molecule has 0 aliphatic carbocycles. The Morgan fingerprint density at radius 2 is 1.70 bits per heavy atom. The maximum atomic E-state index is 12.2. The van der Waals surface area contributed by atoms with Gasteiger partial charge in [0.1, 0.15) is 5.75 Å². The first-order valence-corrected chi connectivity index (χ1v) is 7.43. The van der Waals surface area contributed by atoms with Crippen molar-refractivity contribution in [1.29, 1.82) is 0 Å². The first-order valence-electron chi connectivity index (χ1n) is 7.43. The maximum absolute atomic E-state index is 12.2. The van der Waals surface area contributed by atoms with Crippen LogP contribution in [0.4, 0.5) is 5.69 Å². The third-order valence-electron chi connectivity index (χ3n) is 3.16. The minimum absolute atomic E-state index is 0.0343. The summed E-state index contributed by atoms with van der Waals surface area (Å²) >= 11 is 0. The fourth-order valence-electron chi connectivity index (χ4n) is 2.01. The number of benzene rings is 2. The van der Waals surface area contributed by atoms with Crippen LogP contribution in [0.5, 0.6) is 5.75 Å². The van der Waals surface area contributed by atoms with E-state index in [4.69, 9.17) is 9.84 Å². The largest absolute Gasteiger partial charge is 0.494 e. The van der Waals surface area contributed by atoms with Gasteiger partial charge in [-0.05, 0) is 48.4 Å². The predicted octanol–water partition coefficient (Wildman–Crippen LogP) is 3.35. The number of amides is 1. The summed E-state index contributed by atoms with van der Waals surface area (Å²) in [6.07, 6.45) is 0.896. The van der Waals surface area contributed by atoms with E-state index in [1.165, 1.54) is 0 Å². The van der Waals surface area contributed by atoms with Gasteiger partial charge in [-0.25, -0.2) is 0 Å². The van der Waals surface area contributed by atoms with Crippen molar-refractivity contribution < 1.29 is 19.4 Å². The Morgan fingerprint density at radius 1 is 1.04 bits per heavy atom. The molecule has 120 valence electrons. The lowest BCUT2D eigenvalue weighted by Gasteiger charge is -2.08. The number of hydrogen-bond donors (Lipinski definition) is 2. The topological polar surface area (TPSA) is 75.6 Å². The molecular weight excluding hydrogens is 294 g/mol. The Balaban J connectivity index is 1.96. The lowest BCUT2D eigenvalue weighted by Crippen LogP contribution is -2.12. The normalized spacial score (nSPS) is 10.1.